The van der Waals surface area contributed by atoms with E-state index in [1.54, 1.807) is 0 Å². The summed E-state index contributed by atoms with van der Waals surface area (Å²) in [7, 11) is 0. The van der Waals surface area contributed by atoms with Crippen LogP contribution in [0, 0.1) is 13.8 Å². The van der Waals surface area contributed by atoms with Crippen molar-refractivity contribution in [2.45, 2.75) is 13.8 Å². The van der Waals surface area contributed by atoms with E-state index in [9.17, 15) is 0 Å². The maximum absolute atomic E-state index is 5.93. The topological polar surface area (TPSA) is 35.0 Å². The van der Waals surface area contributed by atoms with E-state index >= 15 is 0 Å². The van der Waals surface area contributed by atoms with Crippen molar-refractivity contribution in [3.8, 4) is 11.6 Å². The van der Waals surface area contributed by atoms with Crippen molar-refractivity contribution in [2.75, 3.05) is 0 Å². The number of benzene rings is 2. The molecule has 20 heavy (non-hydrogen) atoms. The zero-order valence-electron chi connectivity index (χ0n) is 11.2. The maximum Gasteiger partial charge on any atom is 0.241 e. The minimum Gasteiger partial charge on any atom is -0.437 e. The monoisotopic (exact) mass is 328 g/mol. The summed E-state index contributed by atoms with van der Waals surface area (Å²) in [5, 5.41) is 0. The summed E-state index contributed by atoms with van der Waals surface area (Å²) in [5.74, 6) is 1.33. The molecule has 100 valence electrons. The van der Waals surface area contributed by atoms with Gasteiger partial charge in [0.15, 0.2) is 0 Å². The fourth-order valence-electron chi connectivity index (χ4n) is 1.96. The summed E-state index contributed by atoms with van der Waals surface area (Å²) in [6, 6.07) is 13.7. The molecule has 0 bridgehead atoms. The third kappa shape index (κ3) is 2.51. The highest BCUT2D eigenvalue weighted by Crippen LogP contribution is 2.29. The van der Waals surface area contributed by atoms with Gasteiger partial charge in [-0.05, 0) is 43.7 Å². The van der Waals surface area contributed by atoms with E-state index in [1.165, 1.54) is 0 Å². The lowest BCUT2D eigenvalue weighted by molar-refractivity contribution is 0.454. The number of rotatable bonds is 2. The van der Waals surface area contributed by atoms with Crippen LogP contribution in [0.4, 0.5) is 0 Å². The summed E-state index contributed by atoms with van der Waals surface area (Å²) < 4.78 is 6.90. The second kappa shape index (κ2) is 5.21. The minimum atomic E-state index is 0.546. The average Bonchev–Trinajstić information content (AvgIpc) is 2.43. The maximum atomic E-state index is 5.93. The predicted molar refractivity (Wildman–Crippen MR) is 83.2 cm³/mol. The molecular formula is C16H13BrN2O. The van der Waals surface area contributed by atoms with Crippen LogP contribution in [0.2, 0.25) is 0 Å². The number of halogens is 1. The van der Waals surface area contributed by atoms with Crippen LogP contribution in [0.25, 0.3) is 11.0 Å². The number of nitrogens with zero attached hydrogens (tertiary/aromatic N) is 2. The van der Waals surface area contributed by atoms with Gasteiger partial charge in [0.05, 0.1) is 11.0 Å². The van der Waals surface area contributed by atoms with E-state index in [0.29, 0.717) is 5.88 Å². The lowest BCUT2D eigenvalue weighted by Gasteiger charge is -2.10. The Labute approximate surface area is 125 Å². The Morgan fingerprint density at radius 2 is 1.65 bits per heavy atom. The Bertz CT molecular complexity index is 787. The molecule has 0 amide bonds. The smallest absolute Gasteiger partial charge is 0.241 e. The summed E-state index contributed by atoms with van der Waals surface area (Å²) in [6.07, 6.45) is 0. The SMILES string of the molecule is Cc1ccc(Br)cc1Oc1nc2ccccc2nc1C. The molecule has 0 spiro atoms. The molecule has 0 unspecified atom stereocenters. The van der Waals surface area contributed by atoms with Gasteiger partial charge in [-0.3, -0.25) is 0 Å². The van der Waals surface area contributed by atoms with Gasteiger partial charge in [-0.15, -0.1) is 0 Å². The molecule has 0 aliphatic heterocycles. The normalized spacial score (nSPS) is 10.8. The van der Waals surface area contributed by atoms with Crippen molar-refractivity contribution in [3.63, 3.8) is 0 Å². The highest BCUT2D eigenvalue weighted by molar-refractivity contribution is 9.10. The van der Waals surface area contributed by atoms with Crippen molar-refractivity contribution in [1.29, 1.82) is 0 Å². The highest BCUT2D eigenvalue weighted by atomic mass is 79.9. The molecule has 0 aliphatic rings. The van der Waals surface area contributed by atoms with Gasteiger partial charge in [-0.2, -0.15) is 0 Å². The van der Waals surface area contributed by atoms with E-state index in [2.05, 4.69) is 25.9 Å². The third-order valence-corrected chi connectivity index (χ3v) is 3.55. The lowest BCUT2D eigenvalue weighted by Crippen LogP contribution is -1.96. The lowest BCUT2D eigenvalue weighted by atomic mass is 10.2. The summed E-state index contributed by atoms with van der Waals surface area (Å²) in [4.78, 5) is 9.07. The first kappa shape index (κ1) is 13.1. The number of para-hydroxylation sites is 2. The van der Waals surface area contributed by atoms with Gasteiger partial charge in [-0.1, -0.05) is 34.1 Å². The van der Waals surface area contributed by atoms with Gasteiger partial charge in [0.1, 0.15) is 11.4 Å². The second-order valence-corrected chi connectivity index (χ2v) is 5.53. The van der Waals surface area contributed by atoms with Crippen LogP contribution in [0.15, 0.2) is 46.9 Å². The largest absolute Gasteiger partial charge is 0.437 e. The quantitative estimate of drug-likeness (QED) is 0.677. The third-order valence-electron chi connectivity index (χ3n) is 3.06. The minimum absolute atomic E-state index is 0.546. The first-order valence-corrected chi connectivity index (χ1v) is 7.10. The Hall–Kier alpha value is -1.94. The molecule has 4 heteroatoms. The van der Waals surface area contributed by atoms with Crippen LogP contribution in [0.1, 0.15) is 11.3 Å². The van der Waals surface area contributed by atoms with Crippen LogP contribution in [-0.4, -0.2) is 9.97 Å². The Kier molecular flexibility index (Phi) is 3.40. The number of aryl methyl sites for hydroxylation is 2. The Morgan fingerprint density at radius 1 is 0.950 bits per heavy atom. The van der Waals surface area contributed by atoms with Crippen molar-refractivity contribution in [3.05, 3.63) is 58.2 Å². The predicted octanol–water partition coefficient (Wildman–Crippen LogP) is 4.80. The van der Waals surface area contributed by atoms with E-state index in [0.717, 1.165) is 32.5 Å². The van der Waals surface area contributed by atoms with Gasteiger partial charge in [0.25, 0.3) is 0 Å². The van der Waals surface area contributed by atoms with E-state index < -0.39 is 0 Å². The van der Waals surface area contributed by atoms with E-state index in [1.807, 2.05) is 56.3 Å². The molecule has 1 aromatic heterocycles. The number of aromatic nitrogens is 2. The zero-order valence-corrected chi connectivity index (χ0v) is 12.8. The molecular weight excluding hydrogens is 316 g/mol. The molecule has 2 aromatic carbocycles. The summed E-state index contributed by atoms with van der Waals surface area (Å²) in [6.45, 7) is 3.91. The summed E-state index contributed by atoms with van der Waals surface area (Å²) in [5.41, 5.74) is 3.55. The Morgan fingerprint density at radius 3 is 2.40 bits per heavy atom. The first-order chi connectivity index (χ1) is 9.63. The second-order valence-electron chi connectivity index (χ2n) is 4.61. The number of hydrogen-bond donors (Lipinski definition) is 0. The zero-order chi connectivity index (χ0) is 14.1. The molecule has 0 radical (unpaired) electrons. The van der Waals surface area contributed by atoms with Crippen molar-refractivity contribution in [1.82, 2.24) is 9.97 Å². The molecule has 1 heterocycles. The van der Waals surface area contributed by atoms with Crippen LogP contribution in [0.3, 0.4) is 0 Å². The molecule has 0 aliphatic carbocycles. The fraction of sp³-hybridized carbons (Fsp3) is 0.125. The van der Waals surface area contributed by atoms with Gasteiger partial charge >= 0.3 is 0 Å². The van der Waals surface area contributed by atoms with Gasteiger partial charge in [0, 0.05) is 4.47 Å². The van der Waals surface area contributed by atoms with Crippen molar-refractivity contribution in [2.24, 2.45) is 0 Å². The van der Waals surface area contributed by atoms with Crippen LogP contribution in [-0.2, 0) is 0 Å². The van der Waals surface area contributed by atoms with Gasteiger partial charge in [0.2, 0.25) is 5.88 Å². The number of fused-ring (bicyclic) bond motifs is 1. The molecule has 0 N–H and O–H groups in total. The van der Waals surface area contributed by atoms with Crippen LogP contribution < -0.4 is 4.74 Å². The van der Waals surface area contributed by atoms with Crippen molar-refractivity contribution >= 4 is 27.0 Å². The molecule has 3 nitrogen and oxygen atoms in total. The highest BCUT2D eigenvalue weighted by Gasteiger charge is 2.09. The molecule has 0 saturated heterocycles. The molecule has 0 fully saturated rings. The molecule has 3 rings (SSSR count). The van der Waals surface area contributed by atoms with Crippen LogP contribution in [0.5, 0.6) is 11.6 Å². The number of hydrogen-bond acceptors (Lipinski definition) is 3. The summed E-state index contributed by atoms with van der Waals surface area (Å²) >= 11 is 3.45. The first-order valence-electron chi connectivity index (χ1n) is 6.31. The molecule has 0 saturated carbocycles. The van der Waals surface area contributed by atoms with Gasteiger partial charge in [-0.25, -0.2) is 9.97 Å². The van der Waals surface area contributed by atoms with Crippen molar-refractivity contribution < 1.29 is 4.74 Å². The standard InChI is InChI=1S/C16H13BrN2O/c1-10-7-8-12(17)9-15(10)20-16-11(2)18-13-5-3-4-6-14(13)19-16/h3-9H,1-2H3. The van der Waals surface area contributed by atoms with Gasteiger partial charge < -0.3 is 4.74 Å². The average molecular weight is 329 g/mol. The van der Waals surface area contributed by atoms with Crippen LogP contribution >= 0.6 is 15.9 Å². The molecule has 3 aromatic rings. The Balaban J connectivity index is 2.06. The van der Waals surface area contributed by atoms with E-state index in [-0.39, 0.29) is 0 Å². The fourth-order valence-corrected chi connectivity index (χ4v) is 2.30. The number of ether oxygens (including phenoxy) is 1. The van der Waals surface area contributed by atoms with E-state index in [4.69, 9.17) is 4.74 Å². The molecule has 0 atom stereocenters.